The minimum Gasteiger partial charge on any atom is -0.300 e. The largest absolute Gasteiger partial charge is 0.300 e. The predicted molar refractivity (Wildman–Crippen MR) is 67.8 cm³/mol. The average molecular weight is 215 g/mol. The number of hydrogen-bond donors (Lipinski definition) is 0. The molecule has 0 N–H and O–H groups in total. The van der Waals surface area contributed by atoms with E-state index in [4.69, 9.17) is 0 Å². The van der Waals surface area contributed by atoms with Crippen molar-refractivity contribution in [3.8, 4) is 0 Å². The van der Waals surface area contributed by atoms with Gasteiger partial charge in [-0.25, -0.2) is 0 Å². The highest BCUT2D eigenvalue weighted by molar-refractivity contribution is 5.35. The molecule has 0 radical (unpaired) electrons. The molecule has 1 aliphatic heterocycles. The molecule has 0 aromatic heterocycles. The molecule has 1 heteroatoms. The molecular formula is C15H21N. The van der Waals surface area contributed by atoms with E-state index in [-0.39, 0.29) is 0 Å². The molecule has 0 bridgehead atoms. The molecule has 0 spiro atoms. The van der Waals surface area contributed by atoms with Gasteiger partial charge in [0.05, 0.1) is 0 Å². The Bertz CT molecular complexity index is 371. The summed E-state index contributed by atoms with van der Waals surface area (Å²) in [7, 11) is 0. The Hall–Kier alpha value is -0.820. The zero-order valence-corrected chi connectivity index (χ0v) is 10.2. The van der Waals surface area contributed by atoms with Crippen LogP contribution in [0, 0.1) is 0 Å². The van der Waals surface area contributed by atoms with Crippen molar-refractivity contribution in [2.75, 3.05) is 13.1 Å². The second-order valence-corrected chi connectivity index (χ2v) is 5.24. The van der Waals surface area contributed by atoms with Gasteiger partial charge in [-0.1, -0.05) is 31.2 Å². The summed E-state index contributed by atoms with van der Waals surface area (Å²) >= 11 is 0. The highest BCUT2D eigenvalue weighted by Gasteiger charge is 2.37. The summed E-state index contributed by atoms with van der Waals surface area (Å²) in [5.74, 6) is 0.830. The number of hydrogen-bond acceptors (Lipinski definition) is 1. The van der Waals surface area contributed by atoms with Crippen LogP contribution in [0.2, 0.25) is 0 Å². The molecule has 2 atom stereocenters. The van der Waals surface area contributed by atoms with Gasteiger partial charge in [0, 0.05) is 12.0 Å². The van der Waals surface area contributed by atoms with E-state index in [9.17, 15) is 0 Å². The number of aryl methyl sites for hydroxylation is 1. The highest BCUT2D eigenvalue weighted by atomic mass is 15.2. The summed E-state index contributed by atoms with van der Waals surface area (Å²) in [6, 6.07) is 9.94. The first-order valence-corrected chi connectivity index (χ1v) is 6.72. The molecule has 2 unspecified atom stereocenters. The summed E-state index contributed by atoms with van der Waals surface area (Å²) in [6.07, 6.45) is 5.34. The summed E-state index contributed by atoms with van der Waals surface area (Å²) in [6.45, 7) is 4.91. The van der Waals surface area contributed by atoms with Crippen LogP contribution in [0.1, 0.15) is 43.2 Å². The van der Waals surface area contributed by atoms with Gasteiger partial charge in [-0.15, -0.1) is 0 Å². The molecule has 3 rings (SSSR count). The maximum atomic E-state index is 2.72. The van der Waals surface area contributed by atoms with Crippen LogP contribution in [0.5, 0.6) is 0 Å². The second-order valence-electron chi connectivity index (χ2n) is 5.24. The van der Waals surface area contributed by atoms with Crippen molar-refractivity contribution in [2.24, 2.45) is 0 Å². The Morgan fingerprint density at radius 3 is 3.00 bits per heavy atom. The van der Waals surface area contributed by atoms with Gasteiger partial charge in [0.25, 0.3) is 0 Å². The van der Waals surface area contributed by atoms with Crippen molar-refractivity contribution < 1.29 is 0 Å². The molecule has 1 heterocycles. The lowest BCUT2D eigenvalue weighted by Gasteiger charge is -2.33. The molecule has 2 aliphatic rings. The van der Waals surface area contributed by atoms with E-state index in [0.717, 1.165) is 12.0 Å². The lowest BCUT2D eigenvalue weighted by atomic mass is 9.79. The zero-order valence-electron chi connectivity index (χ0n) is 10.2. The minimum atomic E-state index is 0.830. The van der Waals surface area contributed by atoms with Gasteiger partial charge in [0.1, 0.15) is 0 Å². The summed E-state index contributed by atoms with van der Waals surface area (Å²) in [5, 5.41) is 0. The number of rotatable bonds is 2. The third-order valence-electron chi connectivity index (χ3n) is 4.34. The normalized spacial score (nSPS) is 28.8. The molecular weight excluding hydrogens is 194 g/mol. The number of fused-ring (bicyclic) bond motifs is 3. The lowest BCUT2D eigenvalue weighted by molar-refractivity contribution is 0.227. The van der Waals surface area contributed by atoms with Gasteiger partial charge < -0.3 is 0 Å². The van der Waals surface area contributed by atoms with E-state index in [1.807, 2.05) is 0 Å². The highest BCUT2D eigenvalue weighted by Crippen LogP contribution is 2.41. The van der Waals surface area contributed by atoms with Crippen molar-refractivity contribution in [3.05, 3.63) is 35.4 Å². The summed E-state index contributed by atoms with van der Waals surface area (Å²) in [5.41, 5.74) is 3.26. The van der Waals surface area contributed by atoms with Crippen molar-refractivity contribution in [2.45, 2.75) is 44.6 Å². The van der Waals surface area contributed by atoms with Crippen LogP contribution in [-0.4, -0.2) is 24.0 Å². The molecule has 1 saturated heterocycles. The van der Waals surface area contributed by atoms with Gasteiger partial charge in [0.2, 0.25) is 0 Å². The molecule has 86 valence electrons. The molecule has 1 nitrogen and oxygen atoms in total. The first-order valence-electron chi connectivity index (χ1n) is 6.72. The van der Waals surface area contributed by atoms with Crippen molar-refractivity contribution >= 4 is 0 Å². The molecule has 0 amide bonds. The Labute approximate surface area is 98.5 Å². The Balaban J connectivity index is 1.87. The van der Waals surface area contributed by atoms with E-state index in [1.54, 1.807) is 11.1 Å². The van der Waals surface area contributed by atoms with Gasteiger partial charge in [-0.05, 0) is 49.9 Å². The topological polar surface area (TPSA) is 3.24 Å². The summed E-state index contributed by atoms with van der Waals surface area (Å²) in [4.78, 5) is 2.72. The monoisotopic (exact) mass is 215 g/mol. The third kappa shape index (κ3) is 1.58. The van der Waals surface area contributed by atoms with E-state index < -0.39 is 0 Å². The smallest absolute Gasteiger partial charge is 0.0168 e. The minimum absolute atomic E-state index is 0.830. The zero-order chi connectivity index (χ0) is 11.0. The van der Waals surface area contributed by atoms with Crippen LogP contribution in [0.4, 0.5) is 0 Å². The van der Waals surface area contributed by atoms with Crippen LogP contribution in [0.3, 0.4) is 0 Å². The van der Waals surface area contributed by atoms with Crippen molar-refractivity contribution in [3.63, 3.8) is 0 Å². The van der Waals surface area contributed by atoms with Crippen LogP contribution < -0.4 is 0 Å². The van der Waals surface area contributed by atoms with Crippen LogP contribution in [-0.2, 0) is 6.42 Å². The molecule has 16 heavy (non-hydrogen) atoms. The van der Waals surface area contributed by atoms with E-state index in [1.165, 1.54) is 38.8 Å². The standard InChI is InChI=1S/C15H21N/c1-2-10-16-11-9-14-13-6-4-3-5-12(13)7-8-15(14)16/h3-6,14-15H,2,7-11H2,1H3. The second kappa shape index (κ2) is 4.21. The van der Waals surface area contributed by atoms with Crippen molar-refractivity contribution in [1.82, 2.24) is 4.90 Å². The summed E-state index contributed by atoms with van der Waals surface area (Å²) < 4.78 is 0. The van der Waals surface area contributed by atoms with Gasteiger partial charge in [-0.2, -0.15) is 0 Å². The van der Waals surface area contributed by atoms with Crippen LogP contribution >= 0.6 is 0 Å². The van der Waals surface area contributed by atoms with Gasteiger partial charge in [-0.3, -0.25) is 4.90 Å². The van der Waals surface area contributed by atoms with Crippen LogP contribution in [0.15, 0.2) is 24.3 Å². The quantitative estimate of drug-likeness (QED) is 0.732. The van der Waals surface area contributed by atoms with E-state index >= 15 is 0 Å². The maximum Gasteiger partial charge on any atom is 0.0168 e. The number of benzene rings is 1. The fraction of sp³-hybridized carbons (Fsp3) is 0.600. The first kappa shape index (κ1) is 10.3. The Morgan fingerprint density at radius 1 is 1.25 bits per heavy atom. The number of likely N-dealkylation sites (tertiary alicyclic amines) is 1. The third-order valence-corrected chi connectivity index (χ3v) is 4.34. The first-order chi connectivity index (χ1) is 7.90. The van der Waals surface area contributed by atoms with Gasteiger partial charge >= 0.3 is 0 Å². The van der Waals surface area contributed by atoms with Crippen molar-refractivity contribution in [1.29, 1.82) is 0 Å². The predicted octanol–water partition coefficient (Wildman–Crippen LogP) is 3.20. The maximum absolute atomic E-state index is 2.72. The van der Waals surface area contributed by atoms with E-state index in [2.05, 4.69) is 36.1 Å². The SMILES string of the molecule is CCCN1CCC2c3ccccc3CCC21. The average Bonchev–Trinajstić information content (AvgIpc) is 2.73. The molecule has 1 aromatic rings. The lowest BCUT2D eigenvalue weighted by Crippen LogP contribution is -2.35. The molecule has 1 aliphatic carbocycles. The van der Waals surface area contributed by atoms with E-state index in [0.29, 0.717) is 0 Å². The number of nitrogens with zero attached hydrogens (tertiary/aromatic N) is 1. The Kier molecular flexibility index (Phi) is 2.72. The van der Waals surface area contributed by atoms with Gasteiger partial charge in [0.15, 0.2) is 0 Å². The fourth-order valence-corrected chi connectivity index (χ4v) is 3.66. The fourth-order valence-electron chi connectivity index (χ4n) is 3.66. The molecule has 1 fully saturated rings. The Morgan fingerprint density at radius 2 is 2.12 bits per heavy atom. The van der Waals surface area contributed by atoms with Crippen LogP contribution in [0.25, 0.3) is 0 Å². The molecule has 1 aromatic carbocycles. The molecule has 0 saturated carbocycles.